The van der Waals surface area contributed by atoms with Gasteiger partial charge in [-0.05, 0) is 36.6 Å². The minimum atomic E-state index is -0.181. The first-order valence-electron chi connectivity index (χ1n) is 7.44. The second-order valence-corrected chi connectivity index (χ2v) is 7.77. The maximum atomic E-state index is 12.3. The van der Waals surface area contributed by atoms with Gasteiger partial charge in [-0.1, -0.05) is 29.0 Å². The Hall–Kier alpha value is -2.22. The summed E-state index contributed by atoms with van der Waals surface area (Å²) in [4.78, 5) is 22.1. The van der Waals surface area contributed by atoms with E-state index >= 15 is 0 Å². The summed E-state index contributed by atoms with van der Waals surface area (Å²) < 4.78 is 6.59. The zero-order valence-electron chi connectivity index (χ0n) is 13.1. The molecule has 1 amide bonds. The van der Waals surface area contributed by atoms with Gasteiger partial charge in [0.25, 0.3) is 0 Å². The van der Waals surface area contributed by atoms with Crippen molar-refractivity contribution in [1.29, 1.82) is 0 Å². The number of thiazole rings is 1. The standard InChI is InChI=1S/C17H12ClN3O2S2/c1-9-12(19-16(23-9)13-3-2-6-24-13)8-15(22)21-17-20-11-5-4-10(18)7-14(11)25-17/h2-7H,8H2,1H3,(H,20,21,22). The highest BCUT2D eigenvalue weighted by Crippen LogP contribution is 2.29. The van der Waals surface area contributed by atoms with Crippen LogP contribution in [0.3, 0.4) is 0 Å². The van der Waals surface area contributed by atoms with E-state index in [2.05, 4.69) is 15.3 Å². The van der Waals surface area contributed by atoms with Gasteiger partial charge in [0.15, 0.2) is 5.13 Å². The summed E-state index contributed by atoms with van der Waals surface area (Å²) in [5.74, 6) is 1.01. The molecule has 0 radical (unpaired) electrons. The smallest absolute Gasteiger partial charge is 0.236 e. The average Bonchev–Trinajstić information content (AvgIpc) is 3.27. The number of oxazole rings is 1. The van der Waals surface area contributed by atoms with Gasteiger partial charge in [-0.25, -0.2) is 9.97 Å². The molecule has 3 heterocycles. The van der Waals surface area contributed by atoms with Gasteiger partial charge in [0.05, 0.1) is 27.2 Å². The van der Waals surface area contributed by atoms with Crippen molar-refractivity contribution in [2.45, 2.75) is 13.3 Å². The van der Waals surface area contributed by atoms with E-state index in [9.17, 15) is 4.79 Å². The van der Waals surface area contributed by atoms with E-state index < -0.39 is 0 Å². The molecule has 8 heteroatoms. The SMILES string of the molecule is Cc1oc(-c2cccs2)nc1CC(=O)Nc1nc2ccc(Cl)cc2s1. The lowest BCUT2D eigenvalue weighted by atomic mass is 10.2. The lowest BCUT2D eigenvalue weighted by Crippen LogP contribution is -2.14. The largest absolute Gasteiger partial charge is 0.440 e. The first-order chi connectivity index (χ1) is 12.1. The van der Waals surface area contributed by atoms with Gasteiger partial charge >= 0.3 is 0 Å². The molecule has 4 rings (SSSR count). The van der Waals surface area contributed by atoms with E-state index in [0.717, 1.165) is 15.1 Å². The number of nitrogens with one attached hydrogen (secondary N) is 1. The molecule has 0 aliphatic heterocycles. The number of nitrogens with zero attached hydrogens (tertiary/aromatic N) is 2. The Morgan fingerprint density at radius 2 is 2.20 bits per heavy atom. The summed E-state index contributed by atoms with van der Waals surface area (Å²) in [7, 11) is 0. The van der Waals surface area contributed by atoms with Gasteiger partial charge in [0.2, 0.25) is 11.8 Å². The van der Waals surface area contributed by atoms with Gasteiger partial charge < -0.3 is 9.73 Å². The number of hydrogen-bond donors (Lipinski definition) is 1. The predicted octanol–water partition coefficient (Wildman–Crippen LogP) is 5.16. The van der Waals surface area contributed by atoms with Crippen molar-refractivity contribution >= 4 is 55.5 Å². The number of rotatable bonds is 4. The molecule has 3 aromatic heterocycles. The summed E-state index contributed by atoms with van der Waals surface area (Å²) in [6, 6.07) is 9.32. The number of carbonyl (C=O) groups excluding carboxylic acids is 1. The number of halogens is 1. The van der Waals surface area contributed by atoms with E-state index in [1.165, 1.54) is 11.3 Å². The number of benzene rings is 1. The monoisotopic (exact) mass is 389 g/mol. The Balaban J connectivity index is 1.50. The Bertz CT molecular complexity index is 1050. The number of amides is 1. The third-order valence-corrected chi connectivity index (χ3v) is 5.58. The van der Waals surface area contributed by atoms with Crippen LogP contribution >= 0.6 is 34.3 Å². The molecule has 0 atom stereocenters. The number of aromatic nitrogens is 2. The number of aryl methyl sites for hydroxylation is 1. The van der Waals surface area contributed by atoms with E-state index in [1.807, 2.05) is 36.6 Å². The minimum absolute atomic E-state index is 0.136. The number of anilines is 1. The zero-order chi connectivity index (χ0) is 17.4. The van der Waals surface area contributed by atoms with Crippen molar-refractivity contribution in [3.05, 3.63) is 52.2 Å². The maximum Gasteiger partial charge on any atom is 0.236 e. The van der Waals surface area contributed by atoms with Crippen molar-refractivity contribution < 1.29 is 9.21 Å². The van der Waals surface area contributed by atoms with Crippen molar-refractivity contribution in [3.8, 4) is 10.8 Å². The van der Waals surface area contributed by atoms with Crippen LogP contribution in [0.5, 0.6) is 0 Å². The van der Waals surface area contributed by atoms with Crippen LogP contribution in [-0.4, -0.2) is 15.9 Å². The summed E-state index contributed by atoms with van der Waals surface area (Å²) in [6.07, 6.45) is 0.136. The molecule has 25 heavy (non-hydrogen) atoms. The van der Waals surface area contributed by atoms with Crippen LogP contribution in [0.1, 0.15) is 11.5 Å². The molecule has 0 spiro atoms. The fourth-order valence-corrected chi connectivity index (χ4v) is 4.17. The molecule has 0 fully saturated rings. The number of carbonyl (C=O) groups is 1. The average molecular weight is 390 g/mol. The van der Waals surface area contributed by atoms with Gasteiger partial charge in [0, 0.05) is 5.02 Å². The molecular weight excluding hydrogens is 378 g/mol. The highest BCUT2D eigenvalue weighted by atomic mass is 35.5. The second-order valence-electron chi connectivity index (χ2n) is 5.36. The number of thiophene rings is 1. The summed E-state index contributed by atoms with van der Waals surface area (Å²) >= 11 is 8.91. The van der Waals surface area contributed by atoms with E-state index in [0.29, 0.717) is 27.5 Å². The summed E-state index contributed by atoms with van der Waals surface area (Å²) in [6.45, 7) is 1.81. The summed E-state index contributed by atoms with van der Waals surface area (Å²) in [5, 5.41) is 5.97. The lowest BCUT2D eigenvalue weighted by molar-refractivity contribution is -0.115. The Morgan fingerprint density at radius 1 is 1.32 bits per heavy atom. The quantitative estimate of drug-likeness (QED) is 0.523. The van der Waals surface area contributed by atoms with Gasteiger partial charge in [0.1, 0.15) is 5.76 Å². The third kappa shape index (κ3) is 3.44. The molecule has 0 saturated heterocycles. The van der Waals surface area contributed by atoms with Crippen LogP contribution in [0, 0.1) is 6.92 Å². The van der Waals surface area contributed by atoms with Crippen molar-refractivity contribution in [3.63, 3.8) is 0 Å². The Kier molecular flexibility index (Phi) is 4.29. The van der Waals surface area contributed by atoms with Crippen LogP contribution in [0.2, 0.25) is 5.02 Å². The normalized spacial score (nSPS) is 11.1. The van der Waals surface area contributed by atoms with Crippen LogP contribution in [0.4, 0.5) is 5.13 Å². The fraction of sp³-hybridized carbons (Fsp3) is 0.118. The van der Waals surface area contributed by atoms with Crippen LogP contribution in [0.15, 0.2) is 40.1 Å². The highest BCUT2D eigenvalue weighted by Gasteiger charge is 2.16. The first-order valence-corrected chi connectivity index (χ1v) is 9.52. The van der Waals surface area contributed by atoms with Crippen LogP contribution < -0.4 is 5.32 Å². The maximum absolute atomic E-state index is 12.3. The third-order valence-electron chi connectivity index (χ3n) is 3.55. The topological polar surface area (TPSA) is 68.0 Å². The molecule has 1 aromatic carbocycles. The molecule has 1 N–H and O–H groups in total. The number of hydrogen-bond acceptors (Lipinski definition) is 6. The van der Waals surface area contributed by atoms with Crippen molar-refractivity contribution in [1.82, 2.24) is 9.97 Å². The Morgan fingerprint density at radius 3 is 3.00 bits per heavy atom. The molecular formula is C17H12ClN3O2S2. The Labute approximate surface area is 156 Å². The fourth-order valence-electron chi connectivity index (χ4n) is 2.37. The summed E-state index contributed by atoms with van der Waals surface area (Å²) in [5.41, 5.74) is 1.44. The molecule has 0 unspecified atom stereocenters. The number of fused-ring (bicyclic) bond motifs is 1. The molecule has 0 aliphatic rings. The van der Waals surface area contributed by atoms with Gasteiger partial charge in [-0.15, -0.1) is 11.3 Å². The van der Waals surface area contributed by atoms with Crippen molar-refractivity contribution in [2.75, 3.05) is 5.32 Å². The van der Waals surface area contributed by atoms with Crippen LogP contribution in [-0.2, 0) is 11.2 Å². The van der Waals surface area contributed by atoms with E-state index in [-0.39, 0.29) is 12.3 Å². The predicted molar refractivity (Wildman–Crippen MR) is 102 cm³/mol. The molecule has 0 saturated carbocycles. The van der Waals surface area contributed by atoms with Gasteiger partial charge in [-0.3, -0.25) is 4.79 Å². The minimum Gasteiger partial charge on any atom is -0.440 e. The molecule has 0 bridgehead atoms. The molecule has 0 aliphatic carbocycles. The van der Waals surface area contributed by atoms with E-state index in [1.54, 1.807) is 17.4 Å². The molecule has 126 valence electrons. The zero-order valence-corrected chi connectivity index (χ0v) is 15.5. The highest BCUT2D eigenvalue weighted by molar-refractivity contribution is 7.22. The second kappa shape index (κ2) is 6.59. The molecule has 5 nitrogen and oxygen atoms in total. The first kappa shape index (κ1) is 16.3. The van der Waals surface area contributed by atoms with Crippen LogP contribution in [0.25, 0.3) is 21.0 Å². The lowest BCUT2D eigenvalue weighted by Gasteiger charge is -1.99. The van der Waals surface area contributed by atoms with Crippen molar-refractivity contribution in [2.24, 2.45) is 0 Å². The van der Waals surface area contributed by atoms with Gasteiger partial charge in [-0.2, -0.15) is 0 Å². The van der Waals surface area contributed by atoms with E-state index in [4.69, 9.17) is 16.0 Å². The molecule has 4 aromatic rings.